The Labute approximate surface area is 143 Å². The predicted molar refractivity (Wildman–Crippen MR) is 95.9 cm³/mol. The highest BCUT2D eigenvalue weighted by molar-refractivity contribution is 6.30. The quantitative estimate of drug-likeness (QED) is 0.804. The molecule has 23 heavy (non-hydrogen) atoms. The molecule has 2 N–H and O–H groups in total. The van der Waals surface area contributed by atoms with Gasteiger partial charge in [0, 0.05) is 11.6 Å². The number of aryl methyl sites for hydroxylation is 1. The van der Waals surface area contributed by atoms with E-state index >= 15 is 0 Å². The van der Waals surface area contributed by atoms with Gasteiger partial charge in [-0.2, -0.15) is 0 Å². The number of urea groups is 1. The Morgan fingerprint density at radius 2 is 1.65 bits per heavy atom. The maximum Gasteiger partial charge on any atom is 0.315 e. The highest BCUT2D eigenvalue weighted by atomic mass is 35.5. The van der Waals surface area contributed by atoms with Crippen molar-refractivity contribution in [2.75, 3.05) is 6.54 Å². The minimum Gasteiger partial charge on any atom is -0.338 e. The topological polar surface area (TPSA) is 41.1 Å². The minimum absolute atomic E-state index is 0.0172. The molecule has 4 heteroatoms. The lowest BCUT2D eigenvalue weighted by atomic mass is 10.1. The second-order valence-corrected chi connectivity index (χ2v) is 6.03. The van der Waals surface area contributed by atoms with Gasteiger partial charge in [-0.05, 0) is 48.6 Å². The van der Waals surface area contributed by atoms with E-state index in [1.807, 2.05) is 31.2 Å². The van der Waals surface area contributed by atoms with Crippen LogP contribution >= 0.6 is 11.6 Å². The molecule has 122 valence electrons. The molecule has 0 aliphatic heterocycles. The summed E-state index contributed by atoms with van der Waals surface area (Å²) in [4.78, 5) is 12.0. The van der Waals surface area contributed by atoms with E-state index in [0.717, 1.165) is 29.0 Å². The molecule has 0 aliphatic carbocycles. The average Bonchev–Trinajstić information content (AvgIpc) is 2.56. The zero-order valence-corrected chi connectivity index (χ0v) is 14.4. The number of hydrogen-bond acceptors (Lipinski definition) is 1. The van der Waals surface area contributed by atoms with Gasteiger partial charge in [0.1, 0.15) is 0 Å². The van der Waals surface area contributed by atoms with Gasteiger partial charge in [0.2, 0.25) is 0 Å². The standard InChI is InChI=1S/C19H23ClN2O/c1-3-15-4-8-17(9-5-15)14(2)22-19(23)21-13-12-16-6-10-18(20)11-7-16/h4-11,14H,3,12-13H2,1-2H3,(H2,21,22,23). The Morgan fingerprint density at radius 1 is 1.04 bits per heavy atom. The average molecular weight is 331 g/mol. The van der Waals surface area contributed by atoms with Crippen molar-refractivity contribution >= 4 is 17.6 Å². The monoisotopic (exact) mass is 330 g/mol. The number of nitrogens with one attached hydrogen (secondary N) is 2. The lowest BCUT2D eigenvalue weighted by Crippen LogP contribution is -2.38. The third-order valence-electron chi connectivity index (χ3n) is 3.85. The van der Waals surface area contributed by atoms with E-state index in [9.17, 15) is 4.79 Å². The smallest absolute Gasteiger partial charge is 0.315 e. The molecule has 0 spiro atoms. The molecule has 1 atom stereocenters. The van der Waals surface area contributed by atoms with E-state index in [1.54, 1.807) is 0 Å². The van der Waals surface area contributed by atoms with Crippen molar-refractivity contribution in [2.24, 2.45) is 0 Å². The molecule has 2 aromatic carbocycles. The molecular formula is C19H23ClN2O. The molecule has 0 aliphatic rings. The first-order valence-electron chi connectivity index (χ1n) is 7.96. The number of hydrogen-bond donors (Lipinski definition) is 2. The van der Waals surface area contributed by atoms with Crippen LogP contribution in [0.2, 0.25) is 5.02 Å². The van der Waals surface area contributed by atoms with Crippen molar-refractivity contribution in [3.63, 3.8) is 0 Å². The molecule has 0 aromatic heterocycles. The fourth-order valence-corrected chi connectivity index (χ4v) is 2.47. The number of halogens is 1. The Bertz CT molecular complexity index is 623. The Morgan fingerprint density at radius 3 is 2.26 bits per heavy atom. The second-order valence-electron chi connectivity index (χ2n) is 5.59. The van der Waals surface area contributed by atoms with Crippen LogP contribution in [0, 0.1) is 0 Å². The van der Waals surface area contributed by atoms with Crippen molar-refractivity contribution < 1.29 is 4.79 Å². The maximum atomic E-state index is 12.0. The van der Waals surface area contributed by atoms with E-state index < -0.39 is 0 Å². The summed E-state index contributed by atoms with van der Waals surface area (Å²) in [6.07, 6.45) is 1.80. The molecule has 1 unspecified atom stereocenters. The molecule has 3 nitrogen and oxygen atoms in total. The molecule has 0 heterocycles. The maximum absolute atomic E-state index is 12.0. The molecule has 2 aromatic rings. The van der Waals surface area contributed by atoms with Gasteiger partial charge in [0.05, 0.1) is 6.04 Å². The zero-order chi connectivity index (χ0) is 16.7. The molecule has 0 radical (unpaired) electrons. The van der Waals surface area contributed by atoms with Crippen LogP contribution in [0.15, 0.2) is 48.5 Å². The summed E-state index contributed by atoms with van der Waals surface area (Å²) < 4.78 is 0. The van der Waals surface area contributed by atoms with Crippen LogP contribution in [0.1, 0.15) is 36.6 Å². The summed E-state index contributed by atoms with van der Waals surface area (Å²) in [5, 5.41) is 6.57. The molecule has 0 bridgehead atoms. The normalized spacial score (nSPS) is 11.8. The van der Waals surface area contributed by atoms with Crippen molar-refractivity contribution in [1.29, 1.82) is 0 Å². The van der Waals surface area contributed by atoms with Gasteiger partial charge >= 0.3 is 6.03 Å². The first-order valence-corrected chi connectivity index (χ1v) is 8.34. The van der Waals surface area contributed by atoms with E-state index in [2.05, 4.69) is 41.8 Å². The van der Waals surface area contributed by atoms with Gasteiger partial charge in [0.15, 0.2) is 0 Å². The Hall–Kier alpha value is -2.00. The number of carbonyl (C=O) groups is 1. The molecule has 0 saturated carbocycles. The lowest BCUT2D eigenvalue weighted by molar-refractivity contribution is 0.238. The minimum atomic E-state index is -0.147. The van der Waals surface area contributed by atoms with Crippen molar-refractivity contribution in [3.05, 3.63) is 70.2 Å². The van der Waals surface area contributed by atoms with Gasteiger partial charge < -0.3 is 10.6 Å². The number of benzene rings is 2. The zero-order valence-electron chi connectivity index (χ0n) is 13.6. The van der Waals surface area contributed by atoms with Gasteiger partial charge in [-0.25, -0.2) is 4.79 Å². The molecule has 0 saturated heterocycles. The molecule has 2 amide bonds. The van der Waals surface area contributed by atoms with Crippen molar-refractivity contribution in [1.82, 2.24) is 10.6 Å². The molecule has 2 rings (SSSR count). The second kappa shape index (κ2) is 8.59. The van der Waals surface area contributed by atoms with Gasteiger partial charge in [0.25, 0.3) is 0 Å². The van der Waals surface area contributed by atoms with Gasteiger partial charge in [-0.15, -0.1) is 0 Å². The third kappa shape index (κ3) is 5.61. The van der Waals surface area contributed by atoms with Crippen LogP contribution < -0.4 is 10.6 Å². The van der Waals surface area contributed by atoms with Crippen LogP contribution in [0.5, 0.6) is 0 Å². The van der Waals surface area contributed by atoms with Gasteiger partial charge in [-0.1, -0.05) is 54.9 Å². The summed E-state index contributed by atoms with van der Waals surface area (Å²) in [7, 11) is 0. The Balaban J connectivity index is 1.76. The van der Waals surface area contributed by atoms with Crippen molar-refractivity contribution in [2.45, 2.75) is 32.7 Å². The molecular weight excluding hydrogens is 308 g/mol. The predicted octanol–water partition coefficient (Wildman–Crippen LogP) is 4.51. The van der Waals surface area contributed by atoms with Crippen LogP contribution in [0.3, 0.4) is 0 Å². The lowest BCUT2D eigenvalue weighted by Gasteiger charge is -2.15. The van der Waals surface area contributed by atoms with Crippen LogP contribution in [-0.2, 0) is 12.8 Å². The summed E-state index contributed by atoms with van der Waals surface area (Å²) in [5.74, 6) is 0. The number of amides is 2. The van der Waals surface area contributed by atoms with E-state index in [1.165, 1.54) is 5.56 Å². The molecule has 0 fully saturated rings. The van der Waals surface area contributed by atoms with Gasteiger partial charge in [-0.3, -0.25) is 0 Å². The van der Waals surface area contributed by atoms with Crippen LogP contribution in [0.25, 0.3) is 0 Å². The third-order valence-corrected chi connectivity index (χ3v) is 4.10. The first-order chi connectivity index (χ1) is 11.1. The van der Waals surface area contributed by atoms with E-state index in [4.69, 9.17) is 11.6 Å². The fraction of sp³-hybridized carbons (Fsp3) is 0.316. The highest BCUT2D eigenvalue weighted by Gasteiger charge is 2.08. The first kappa shape index (κ1) is 17.4. The number of carbonyl (C=O) groups excluding carboxylic acids is 1. The summed E-state index contributed by atoms with van der Waals surface area (Å²) in [6.45, 7) is 4.71. The SMILES string of the molecule is CCc1ccc(C(C)NC(=O)NCCc2ccc(Cl)cc2)cc1. The largest absolute Gasteiger partial charge is 0.338 e. The van der Waals surface area contributed by atoms with Crippen molar-refractivity contribution in [3.8, 4) is 0 Å². The Kier molecular flexibility index (Phi) is 6.48. The van der Waals surface area contributed by atoms with E-state index in [0.29, 0.717) is 6.54 Å². The van der Waals surface area contributed by atoms with E-state index in [-0.39, 0.29) is 12.1 Å². The summed E-state index contributed by atoms with van der Waals surface area (Å²) >= 11 is 5.85. The van der Waals surface area contributed by atoms with Crippen LogP contribution in [-0.4, -0.2) is 12.6 Å². The number of rotatable bonds is 6. The fourth-order valence-electron chi connectivity index (χ4n) is 2.34. The summed E-state index contributed by atoms with van der Waals surface area (Å²) in [6, 6.07) is 15.8. The summed E-state index contributed by atoms with van der Waals surface area (Å²) in [5.41, 5.74) is 3.56. The van der Waals surface area contributed by atoms with Crippen LogP contribution in [0.4, 0.5) is 4.79 Å². The highest BCUT2D eigenvalue weighted by Crippen LogP contribution is 2.13.